The van der Waals surface area contributed by atoms with E-state index in [0.717, 1.165) is 19.3 Å². The molecule has 0 spiro atoms. The fraction of sp³-hybridized carbons (Fsp3) is 1.00. The van der Waals surface area contributed by atoms with Crippen LogP contribution in [0.3, 0.4) is 0 Å². The molecule has 1 atom stereocenters. The summed E-state index contributed by atoms with van der Waals surface area (Å²) < 4.78 is 27.8. The van der Waals surface area contributed by atoms with Crippen LogP contribution in [0.2, 0.25) is 0 Å². The molecule has 3 N–H and O–H groups in total. The minimum Gasteiger partial charge on any atom is -0.326 e. The maximum absolute atomic E-state index is 11.9. The monoisotopic (exact) mass is 263 g/mol. The van der Waals surface area contributed by atoms with Gasteiger partial charge in [0.25, 0.3) is 10.2 Å². The van der Waals surface area contributed by atoms with Gasteiger partial charge in [0.05, 0.1) is 0 Å². The molecule has 0 aromatic carbocycles. The summed E-state index contributed by atoms with van der Waals surface area (Å²) in [5.74, 6) is 0. The molecule has 0 radical (unpaired) electrons. The van der Waals surface area contributed by atoms with E-state index in [1.165, 1.54) is 4.31 Å². The zero-order chi connectivity index (χ0) is 13.1. The maximum Gasteiger partial charge on any atom is 0.279 e. The SMILES string of the molecule is CC(C)(C)CC(N)CNS(=O)(=O)N1CCCC1. The number of hydrogen-bond donors (Lipinski definition) is 2. The van der Waals surface area contributed by atoms with E-state index in [1.54, 1.807) is 0 Å². The third kappa shape index (κ3) is 5.33. The Morgan fingerprint density at radius 2 is 1.82 bits per heavy atom. The molecule has 0 aromatic heterocycles. The summed E-state index contributed by atoms with van der Waals surface area (Å²) in [5, 5.41) is 0. The standard InChI is InChI=1S/C11H25N3O2S/c1-11(2,3)8-10(12)9-13-17(15,16)14-6-4-5-7-14/h10,13H,4-9,12H2,1-3H3. The highest BCUT2D eigenvalue weighted by Crippen LogP contribution is 2.19. The van der Waals surface area contributed by atoms with Crippen LogP contribution < -0.4 is 10.5 Å². The van der Waals surface area contributed by atoms with E-state index in [9.17, 15) is 8.42 Å². The second-order valence-electron chi connectivity index (χ2n) is 5.98. The van der Waals surface area contributed by atoms with E-state index in [0.29, 0.717) is 19.6 Å². The van der Waals surface area contributed by atoms with Gasteiger partial charge in [0.1, 0.15) is 0 Å². The lowest BCUT2D eigenvalue weighted by Crippen LogP contribution is -2.45. The molecule has 1 fully saturated rings. The number of rotatable bonds is 5. The van der Waals surface area contributed by atoms with Gasteiger partial charge in [0, 0.05) is 25.7 Å². The largest absolute Gasteiger partial charge is 0.326 e. The summed E-state index contributed by atoms with van der Waals surface area (Å²) in [6, 6.07) is -0.132. The van der Waals surface area contributed by atoms with Gasteiger partial charge in [0.15, 0.2) is 0 Å². The molecule has 0 aliphatic carbocycles. The Bertz CT molecular complexity index is 329. The molecule has 0 saturated carbocycles. The minimum absolute atomic E-state index is 0.124. The van der Waals surface area contributed by atoms with E-state index >= 15 is 0 Å². The molecule has 17 heavy (non-hydrogen) atoms. The zero-order valence-corrected chi connectivity index (χ0v) is 11.9. The van der Waals surface area contributed by atoms with Crippen LogP contribution >= 0.6 is 0 Å². The van der Waals surface area contributed by atoms with Crippen molar-refractivity contribution >= 4 is 10.2 Å². The van der Waals surface area contributed by atoms with Crippen LogP contribution in [-0.4, -0.2) is 38.4 Å². The summed E-state index contributed by atoms with van der Waals surface area (Å²) in [5.41, 5.74) is 6.04. The highest BCUT2D eigenvalue weighted by molar-refractivity contribution is 7.87. The maximum atomic E-state index is 11.9. The molecule has 1 rings (SSSR count). The number of nitrogens with zero attached hydrogens (tertiary/aromatic N) is 1. The minimum atomic E-state index is -3.31. The highest BCUT2D eigenvalue weighted by atomic mass is 32.2. The van der Waals surface area contributed by atoms with Gasteiger partial charge in [-0.3, -0.25) is 0 Å². The second kappa shape index (κ2) is 5.65. The van der Waals surface area contributed by atoms with Crippen LogP contribution in [0, 0.1) is 5.41 Å². The Balaban J connectivity index is 2.39. The Morgan fingerprint density at radius 1 is 1.29 bits per heavy atom. The molecule has 1 aliphatic rings. The van der Waals surface area contributed by atoms with Crippen LogP contribution in [0.15, 0.2) is 0 Å². The Kier molecular flexibility index (Phi) is 4.95. The van der Waals surface area contributed by atoms with Crippen molar-refractivity contribution in [2.24, 2.45) is 11.1 Å². The van der Waals surface area contributed by atoms with Crippen LogP contribution in [-0.2, 0) is 10.2 Å². The second-order valence-corrected chi connectivity index (χ2v) is 7.74. The predicted molar refractivity (Wildman–Crippen MR) is 69.8 cm³/mol. The van der Waals surface area contributed by atoms with Gasteiger partial charge < -0.3 is 5.73 Å². The average molecular weight is 263 g/mol. The Labute approximate surface area is 105 Å². The van der Waals surface area contributed by atoms with E-state index in [2.05, 4.69) is 25.5 Å². The van der Waals surface area contributed by atoms with Gasteiger partial charge in [0.2, 0.25) is 0 Å². The lowest BCUT2D eigenvalue weighted by molar-refractivity contribution is 0.337. The molecule has 102 valence electrons. The molecule has 0 amide bonds. The van der Waals surface area contributed by atoms with Crippen molar-refractivity contribution in [2.75, 3.05) is 19.6 Å². The van der Waals surface area contributed by atoms with Crippen molar-refractivity contribution in [3.63, 3.8) is 0 Å². The van der Waals surface area contributed by atoms with Crippen LogP contribution in [0.4, 0.5) is 0 Å². The molecular formula is C11H25N3O2S. The van der Waals surface area contributed by atoms with Crippen molar-refractivity contribution < 1.29 is 8.42 Å². The summed E-state index contributed by atoms with van der Waals surface area (Å²) in [6.45, 7) is 7.87. The Hall–Kier alpha value is -0.170. The van der Waals surface area contributed by atoms with E-state index in [4.69, 9.17) is 5.73 Å². The van der Waals surface area contributed by atoms with Crippen LogP contribution in [0.5, 0.6) is 0 Å². The van der Waals surface area contributed by atoms with E-state index < -0.39 is 10.2 Å². The van der Waals surface area contributed by atoms with Gasteiger partial charge in [-0.1, -0.05) is 20.8 Å². The van der Waals surface area contributed by atoms with Gasteiger partial charge in [-0.2, -0.15) is 12.7 Å². The number of nitrogens with one attached hydrogen (secondary N) is 1. The van der Waals surface area contributed by atoms with E-state index in [-0.39, 0.29) is 11.5 Å². The van der Waals surface area contributed by atoms with Gasteiger partial charge in [-0.25, -0.2) is 4.72 Å². The normalized spacial score (nSPS) is 20.7. The Morgan fingerprint density at radius 3 is 2.29 bits per heavy atom. The smallest absolute Gasteiger partial charge is 0.279 e. The van der Waals surface area contributed by atoms with Gasteiger partial charge >= 0.3 is 0 Å². The molecule has 1 heterocycles. The topological polar surface area (TPSA) is 75.4 Å². The van der Waals surface area contributed by atoms with Crippen molar-refractivity contribution in [1.29, 1.82) is 0 Å². The highest BCUT2D eigenvalue weighted by Gasteiger charge is 2.25. The van der Waals surface area contributed by atoms with Crippen molar-refractivity contribution in [2.45, 2.75) is 46.1 Å². The van der Waals surface area contributed by atoms with Crippen molar-refractivity contribution in [3.8, 4) is 0 Å². The number of hydrogen-bond acceptors (Lipinski definition) is 3. The summed E-state index contributed by atoms with van der Waals surface area (Å²) in [7, 11) is -3.31. The van der Waals surface area contributed by atoms with E-state index in [1.807, 2.05) is 0 Å². The van der Waals surface area contributed by atoms with Crippen LogP contribution in [0.25, 0.3) is 0 Å². The van der Waals surface area contributed by atoms with Crippen molar-refractivity contribution in [3.05, 3.63) is 0 Å². The lowest BCUT2D eigenvalue weighted by Gasteiger charge is -2.24. The fourth-order valence-electron chi connectivity index (χ4n) is 2.09. The van der Waals surface area contributed by atoms with Crippen LogP contribution in [0.1, 0.15) is 40.0 Å². The third-order valence-electron chi connectivity index (χ3n) is 2.81. The molecular weight excluding hydrogens is 238 g/mol. The molecule has 5 nitrogen and oxygen atoms in total. The molecule has 6 heteroatoms. The first kappa shape index (κ1) is 14.9. The lowest BCUT2D eigenvalue weighted by atomic mass is 9.88. The third-order valence-corrected chi connectivity index (χ3v) is 4.38. The molecule has 1 unspecified atom stereocenters. The van der Waals surface area contributed by atoms with Gasteiger partial charge in [-0.05, 0) is 24.7 Å². The summed E-state index contributed by atoms with van der Waals surface area (Å²) in [4.78, 5) is 0. The first-order chi connectivity index (χ1) is 7.71. The quantitative estimate of drug-likeness (QED) is 0.766. The zero-order valence-electron chi connectivity index (χ0n) is 11.1. The first-order valence-corrected chi connectivity index (χ1v) is 7.65. The first-order valence-electron chi connectivity index (χ1n) is 6.21. The number of nitrogens with two attached hydrogens (primary N) is 1. The predicted octanol–water partition coefficient (Wildman–Crippen LogP) is 0.680. The van der Waals surface area contributed by atoms with Gasteiger partial charge in [-0.15, -0.1) is 0 Å². The molecule has 0 bridgehead atoms. The average Bonchev–Trinajstić information content (AvgIpc) is 2.65. The molecule has 1 aliphatic heterocycles. The molecule has 0 aromatic rings. The summed E-state index contributed by atoms with van der Waals surface area (Å²) in [6.07, 6.45) is 2.71. The fourth-order valence-corrected chi connectivity index (χ4v) is 3.44. The molecule has 1 saturated heterocycles. The summed E-state index contributed by atoms with van der Waals surface area (Å²) >= 11 is 0. The van der Waals surface area contributed by atoms with Crippen molar-refractivity contribution in [1.82, 2.24) is 9.03 Å².